The van der Waals surface area contributed by atoms with Crippen molar-refractivity contribution >= 4 is 5.91 Å². The molecule has 7 heteroatoms. The molecule has 0 bridgehead atoms. The van der Waals surface area contributed by atoms with Crippen LogP contribution >= 0.6 is 0 Å². The molecule has 1 aliphatic heterocycles. The van der Waals surface area contributed by atoms with E-state index in [-0.39, 0.29) is 29.2 Å². The first kappa shape index (κ1) is 17.0. The van der Waals surface area contributed by atoms with Gasteiger partial charge < -0.3 is 19.1 Å². The Morgan fingerprint density at radius 3 is 2.73 bits per heavy atom. The van der Waals surface area contributed by atoms with Crippen molar-refractivity contribution in [1.82, 2.24) is 19.0 Å². The van der Waals surface area contributed by atoms with E-state index in [1.807, 2.05) is 23.8 Å². The van der Waals surface area contributed by atoms with Crippen LogP contribution in [0.1, 0.15) is 53.5 Å². The van der Waals surface area contributed by atoms with Gasteiger partial charge in [0.2, 0.25) is 0 Å². The van der Waals surface area contributed by atoms with E-state index < -0.39 is 0 Å². The van der Waals surface area contributed by atoms with E-state index in [0.717, 1.165) is 18.7 Å². The number of amides is 1. The number of fused-ring (bicyclic) bond motifs is 1. The Morgan fingerprint density at radius 1 is 1.19 bits per heavy atom. The van der Waals surface area contributed by atoms with Crippen LogP contribution in [0, 0.1) is 6.92 Å². The van der Waals surface area contributed by atoms with E-state index in [9.17, 15) is 14.7 Å². The van der Waals surface area contributed by atoms with E-state index in [1.165, 1.54) is 0 Å². The Morgan fingerprint density at radius 2 is 1.96 bits per heavy atom. The molecule has 0 unspecified atom stereocenters. The topological polar surface area (TPSA) is 80.4 Å². The van der Waals surface area contributed by atoms with Crippen LogP contribution in [0.2, 0.25) is 0 Å². The van der Waals surface area contributed by atoms with Gasteiger partial charge in [0.25, 0.3) is 11.5 Å². The molecule has 1 N–H and O–H groups in total. The van der Waals surface area contributed by atoms with E-state index in [1.54, 1.807) is 21.9 Å². The van der Waals surface area contributed by atoms with Crippen LogP contribution in [-0.4, -0.2) is 42.7 Å². The van der Waals surface area contributed by atoms with Gasteiger partial charge in [0.15, 0.2) is 0 Å². The molecule has 1 fully saturated rings. The fraction of sp³-hybridized carbons (Fsp3) is 0.526. The summed E-state index contributed by atoms with van der Waals surface area (Å²) in [6.07, 6.45) is 8.09. The number of imidazole rings is 1. The molecule has 2 aromatic rings. The van der Waals surface area contributed by atoms with E-state index >= 15 is 0 Å². The van der Waals surface area contributed by atoms with Gasteiger partial charge in [-0.15, -0.1) is 0 Å². The summed E-state index contributed by atoms with van der Waals surface area (Å²) < 4.78 is 3.73. The molecule has 1 amide bonds. The second-order valence-corrected chi connectivity index (χ2v) is 7.31. The van der Waals surface area contributed by atoms with Gasteiger partial charge >= 0.3 is 0 Å². The van der Waals surface area contributed by atoms with E-state index in [0.29, 0.717) is 38.0 Å². The fourth-order valence-electron chi connectivity index (χ4n) is 4.03. The van der Waals surface area contributed by atoms with Crippen molar-refractivity contribution in [2.75, 3.05) is 6.54 Å². The standard InChI is InChI=1S/C19H24N4O3/c1-13-6-8-23(14-2-4-15(24)5-3-14)19(26)17(13)18(25)22-11-10-21-9-7-20-16(21)12-22/h6-9,14-15,24H,2-5,10-12H2,1H3. The lowest BCUT2D eigenvalue weighted by Crippen LogP contribution is -2.42. The number of aliphatic hydroxyl groups excluding tert-OH is 1. The normalized spacial score (nSPS) is 22.9. The van der Waals surface area contributed by atoms with Gasteiger partial charge in [0.1, 0.15) is 11.4 Å². The first-order valence-corrected chi connectivity index (χ1v) is 9.23. The molecular formula is C19H24N4O3. The van der Waals surface area contributed by atoms with Gasteiger partial charge in [-0.2, -0.15) is 0 Å². The third-order valence-electron chi connectivity index (χ3n) is 5.63. The zero-order valence-electron chi connectivity index (χ0n) is 15.0. The maximum atomic E-state index is 13.1. The maximum absolute atomic E-state index is 13.1. The lowest BCUT2D eigenvalue weighted by atomic mass is 9.92. The highest BCUT2D eigenvalue weighted by Gasteiger charge is 2.28. The van der Waals surface area contributed by atoms with Crippen molar-refractivity contribution in [1.29, 1.82) is 0 Å². The van der Waals surface area contributed by atoms with Crippen LogP contribution in [0.25, 0.3) is 0 Å². The van der Waals surface area contributed by atoms with E-state index in [4.69, 9.17) is 0 Å². The molecule has 1 saturated carbocycles. The van der Waals surface area contributed by atoms with Gasteiger partial charge in [-0.05, 0) is 44.2 Å². The molecule has 0 spiro atoms. The average Bonchev–Trinajstić information content (AvgIpc) is 3.10. The molecule has 1 aliphatic carbocycles. The lowest BCUT2D eigenvalue weighted by Gasteiger charge is -2.30. The molecule has 0 radical (unpaired) electrons. The van der Waals surface area contributed by atoms with Gasteiger partial charge in [-0.3, -0.25) is 9.59 Å². The number of aromatic nitrogens is 3. The number of hydrogen-bond acceptors (Lipinski definition) is 4. The average molecular weight is 356 g/mol. The monoisotopic (exact) mass is 356 g/mol. The molecule has 7 nitrogen and oxygen atoms in total. The molecule has 2 aromatic heterocycles. The Kier molecular flexibility index (Phi) is 4.40. The number of aryl methyl sites for hydroxylation is 1. The number of hydrogen-bond donors (Lipinski definition) is 1. The van der Waals surface area contributed by atoms with Gasteiger partial charge in [-0.25, -0.2) is 4.98 Å². The number of nitrogens with zero attached hydrogens (tertiary/aromatic N) is 4. The zero-order valence-corrected chi connectivity index (χ0v) is 15.0. The van der Waals surface area contributed by atoms with Crippen molar-refractivity contribution in [2.45, 2.75) is 57.8 Å². The van der Waals surface area contributed by atoms with Crippen LogP contribution in [0.15, 0.2) is 29.5 Å². The first-order valence-electron chi connectivity index (χ1n) is 9.23. The van der Waals surface area contributed by atoms with Crippen LogP contribution in [-0.2, 0) is 13.1 Å². The summed E-state index contributed by atoms with van der Waals surface area (Å²) in [4.78, 5) is 32.2. The minimum atomic E-state index is -0.273. The second-order valence-electron chi connectivity index (χ2n) is 7.31. The second kappa shape index (κ2) is 6.72. The highest BCUT2D eigenvalue weighted by molar-refractivity contribution is 5.95. The van der Waals surface area contributed by atoms with Crippen molar-refractivity contribution in [3.8, 4) is 0 Å². The molecule has 26 heavy (non-hydrogen) atoms. The summed E-state index contributed by atoms with van der Waals surface area (Å²) in [6, 6.07) is 1.91. The van der Waals surface area contributed by atoms with Gasteiger partial charge in [-0.1, -0.05) is 0 Å². The highest BCUT2D eigenvalue weighted by atomic mass is 16.3. The molecule has 0 atom stereocenters. The Labute approximate surface area is 151 Å². The Bertz CT molecular complexity index is 877. The van der Waals surface area contributed by atoms with Crippen molar-refractivity contribution < 1.29 is 9.90 Å². The third kappa shape index (κ3) is 2.96. The Balaban J connectivity index is 1.63. The van der Waals surface area contributed by atoms with Crippen molar-refractivity contribution in [3.05, 3.63) is 52.0 Å². The number of carbonyl (C=O) groups excluding carboxylic acids is 1. The number of pyridine rings is 1. The van der Waals surface area contributed by atoms with Gasteiger partial charge in [0, 0.05) is 37.7 Å². The third-order valence-corrected chi connectivity index (χ3v) is 5.63. The van der Waals surface area contributed by atoms with Crippen molar-refractivity contribution in [2.24, 2.45) is 0 Å². The molecular weight excluding hydrogens is 332 g/mol. The SMILES string of the molecule is Cc1ccn(C2CCC(O)CC2)c(=O)c1C(=O)N1CCn2ccnc2C1. The smallest absolute Gasteiger partial charge is 0.263 e. The van der Waals surface area contributed by atoms with Crippen LogP contribution in [0.5, 0.6) is 0 Å². The van der Waals surface area contributed by atoms with Crippen molar-refractivity contribution in [3.63, 3.8) is 0 Å². The largest absolute Gasteiger partial charge is 0.393 e. The van der Waals surface area contributed by atoms with Gasteiger partial charge in [0.05, 0.1) is 12.6 Å². The highest BCUT2D eigenvalue weighted by Crippen LogP contribution is 2.27. The number of carbonyl (C=O) groups is 1. The van der Waals surface area contributed by atoms with Crippen LogP contribution < -0.4 is 5.56 Å². The minimum Gasteiger partial charge on any atom is -0.393 e. The van der Waals surface area contributed by atoms with Crippen LogP contribution in [0.3, 0.4) is 0 Å². The summed E-state index contributed by atoms with van der Waals surface area (Å²) in [5, 5.41) is 9.71. The fourth-order valence-corrected chi connectivity index (χ4v) is 4.03. The van der Waals surface area contributed by atoms with E-state index in [2.05, 4.69) is 4.98 Å². The summed E-state index contributed by atoms with van der Waals surface area (Å²) in [6.45, 7) is 3.51. The maximum Gasteiger partial charge on any atom is 0.263 e. The molecule has 3 heterocycles. The van der Waals surface area contributed by atoms with Crippen LogP contribution in [0.4, 0.5) is 0 Å². The molecule has 0 saturated heterocycles. The summed E-state index contributed by atoms with van der Waals surface area (Å²) in [5.41, 5.74) is 0.755. The predicted octanol–water partition coefficient (Wildman–Crippen LogP) is 1.49. The number of aliphatic hydroxyl groups is 1. The summed E-state index contributed by atoms with van der Waals surface area (Å²) >= 11 is 0. The zero-order chi connectivity index (χ0) is 18.3. The molecule has 138 valence electrons. The predicted molar refractivity (Wildman–Crippen MR) is 95.9 cm³/mol. The molecule has 0 aromatic carbocycles. The quantitative estimate of drug-likeness (QED) is 0.884. The lowest BCUT2D eigenvalue weighted by molar-refractivity contribution is 0.0702. The summed E-state index contributed by atoms with van der Waals surface area (Å²) in [5.74, 6) is 0.631. The molecule has 2 aliphatic rings. The minimum absolute atomic E-state index is 0.0540. The summed E-state index contributed by atoms with van der Waals surface area (Å²) in [7, 11) is 0. The first-order chi connectivity index (χ1) is 12.5. The molecule has 4 rings (SSSR count). The number of rotatable bonds is 2. The Hall–Kier alpha value is -2.41.